The minimum atomic E-state index is -1.82. The first kappa shape index (κ1) is 16.9. The lowest BCUT2D eigenvalue weighted by Crippen LogP contribution is -2.43. The highest BCUT2D eigenvalue weighted by Crippen LogP contribution is 2.37. The van der Waals surface area contributed by atoms with Crippen molar-refractivity contribution < 1.29 is 9.53 Å². The average Bonchev–Trinajstić information content (AvgIpc) is 2.14. The Kier molecular flexibility index (Phi) is 6.70. The fourth-order valence-electron chi connectivity index (χ4n) is 1.04. The van der Waals surface area contributed by atoms with Crippen LogP contribution in [0.1, 0.15) is 27.2 Å². The first-order chi connectivity index (χ1) is 7.64. The Balaban J connectivity index is 4.72. The van der Waals surface area contributed by atoms with Crippen LogP contribution in [0.15, 0.2) is 23.8 Å². The molecule has 1 atom stereocenters. The van der Waals surface area contributed by atoms with Gasteiger partial charge < -0.3 is 9.53 Å². The smallest absolute Gasteiger partial charge is 0.193 e. The summed E-state index contributed by atoms with van der Waals surface area (Å²) in [6, 6.07) is 0. The van der Waals surface area contributed by atoms with Gasteiger partial charge in [-0.1, -0.05) is 38.4 Å². The van der Waals surface area contributed by atoms with Crippen molar-refractivity contribution in [2.45, 2.75) is 51.4 Å². The molecule has 0 saturated carbocycles. The molecule has 0 rings (SSSR count). The number of hydrogen-bond donors (Lipinski definition) is 1. The van der Waals surface area contributed by atoms with Crippen molar-refractivity contribution in [1.82, 2.24) is 0 Å². The minimum absolute atomic E-state index is 0.0548. The third kappa shape index (κ3) is 5.86. The van der Waals surface area contributed by atoms with E-state index in [9.17, 15) is 0 Å². The van der Waals surface area contributed by atoms with Crippen LogP contribution in [0.4, 0.5) is 0 Å². The van der Waals surface area contributed by atoms with Crippen molar-refractivity contribution >= 4 is 19.9 Å². The predicted molar refractivity (Wildman–Crippen MR) is 77.9 cm³/mol. The molecule has 0 fully saturated rings. The van der Waals surface area contributed by atoms with Crippen molar-refractivity contribution in [1.29, 1.82) is 0 Å². The van der Waals surface area contributed by atoms with Gasteiger partial charge in [-0.2, -0.15) is 0 Å². The maximum atomic E-state index is 8.80. The van der Waals surface area contributed by atoms with Gasteiger partial charge in [-0.25, -0.2) is 0 Å². The summed E-state index contributed by atoms with van der Waals surface area (Å²) in [5, 5.41) is 9.58. The van der Waals surface area contributed by atoms with E-state index in [4.69, 9.17) is 21.1 Å². The first-order valence-corrected chi connectivity index (χ1v) is 9.20. The molecular weight excluding hydrogens is 252 g/mol. The molecule has 0 unspecified atom stereocenters. The van der Waals surface area contributed by atoms with Gasteiger partial charge in [-0.15, -0.1) is 6.58 Å². The molecular formula is C13H25ClO2Si. The van der Waals surface area contributed by atoms with Gasteiger partial charge in [-0.3, -0.25) is 0 Å². The Morgan fingerprint density at radius 2 is 2.00 bits per heavy atom. The van der Waals surface area contributed by atoms with E-state index in [-0.39, 0.29) is 17.7 Å². The highest BCUT2D eigenvalue weighted by atomic mass is 35.5. The fourth-order valence-corrected chi connectivity index (χ4v) is 2.44. The van der Waals surface area contributed by atoms with E-state index in [1.54, 1.807) is 6.08 Å². The van der Waals surface area contributed by atoms with Crippen LogP contribution in [0.25, 0.3) is 0 Å². The van der Waals surface area contributed by atoms with Crippen LogP contribution in [0.5, 0.6) is 0 Å². The molecule has 0 spiro atoms. The van der Waals surface area contributed by atoms with Crippen molar-refractivity contribution in [2.24, 2.45) is 0 Å². The largest absolute Gasteiger partial charge is 0.407 e. The quantitative estimate of drug-likeness (QED) is 0.585. The predicted octanol–water partition coefficient (Wildman–Crippen LogP) is 4.07. The van der Waals surface area contributed by atoms with Crippen molar-refractivity contribution in [3.63, 3.8) is 0 Å². The number of hydrogen-bond acceptors (Lipinski definition) is 2. The lowest BCUT2D eigenvalue weighted by molar-refractivity contribution is 0.266. The van der Waals surface area contributed by atoms with Gasteiger partial charge in [-0.05, 0) is 24.2 Å². The zero-order chi connectivity index (χ0) is 13.7. The molecule has 100 valence electrons. The normalized spacial score (nSPS) is 15.8. The second-order valence-corrected chi connectivity index (χ2v) is 10.9. The van der Waals surface area contributed by atoms with Gasteiger partial charge in [0.1, 0.15) is 0 Å². The van der Waals surface area contributed by atoms with E-state index in [2.05, 4.69) is 40.4 Å². The highest BCUT2D eigenvalue weighted by Gasteiger charge is 2.38. The summed E-state index contributed by atoms with van der Waals surface area (Å²) in [6.07, 6.45) is 3.87. The summed E-state index contributed by atoms with van der Waals surface area (Å²) in [4.78, 5) is 0. The molecule has 0 aliphatic heterocycles. The standard InChI is InChI=1S/C13H25ClO2Si/c1-7-12(10-11(14)8-9-15)16-17(5,6)13(2,3)4/h7,10,12,15H,1,8-9H2,2-6H3/b11-10-/t12-/m1/s1. The molecule has 2 nitrogen and oxygen atoms in total. The molecule has 0 aromatic rings. The summed E-state index contributed by atoms with van der Waals surface area (Å²) < 4.78 is 6.15. The topological polar surface area (TPSA) is 29.5 Å². The maximum absolute atomic E-state index is 8.80. The van der Waals surface area contributed by atoms with Gasteiger partial charge in [0.05, 0.1) is 6.10 Å². The van der Waals surface area contributed by atoms with Crippen LogP contribution >= 0.6 is 11.6 Å². The molecule has 17 heavy (non-hydrogen) atoms. The van der Waals surface area contributed by atoms with Gasteiger partial charge in [0.2, 0.25) is 0 Å². The Morgan fingerprint density at radius 1 is 1.47 bits per heavy atom. The summed E-state index contributed by atoms with van der Waals surface area (Å²) in [6.45, 7) is 14.8. The monoisotopic (exact) mass is 276 g/mol. The Hall–Kier alpha value is -0.0931. The molecule has 0 aromatic heterocycles. The van der Waals surface area contributed by atoms with E-state index in [0.717, 1.165) is 0 Å². The molecule has 0 aromatic carbocycles. The van der Waals surface area contributed by atoms with Crippen molar-refractivity contribution in [3.8, 4) is 0 Å². The van der Waals surface area contributed by atoms with Crippen molar-refractivity contribution in [2.75, 3.05) is 6.61 Å². The van der Waals surface area contributed by atoms with E-state index in [1.807, 2.05) is 6.08 Å². The summed E-state index contributed by atoms with van der Waals surface area (Å²) in [5.41, 5.74) is 0. The lowest BCUT2D eigenvalue weighted by atomic mass is 10.2. The number of halogens is 1. The van der Waals surface area contributed by atoms with Gasteiger partial charge in [0.25, 0.3) is 0 Å². The van der Waals surface area contributed by atoms with Crippen LogP contribution < -0.4 is 0 Å². The molecule has 4 heteroatoms. The van der Waals surface area contributed by atoms with Crippen LogP contribution in [-0.2, 0) is 4.43 Å². The fraction of sp³-hybridized carbons (Fsp3) is 0.692. The second kappa shape index (κ2) is 6.74. The van der Waals surface area contributed by atoms with Gasteiger partial charge in [0.15, 0.2) is 8.32 Å². The Labute approximate surface area is 111 Å². The summed E-state index contributed by atoms with van der Waals surface area (Å²) >= 11 is 5.99. The van der Waals surface area contributed by atoms with E-state index in [1.165, 1.54) is 0 Å². The van der Waals surface area contributed by atoms with Crippen LogP contribution in [0.2, 0.25) is 18.1 Å². The van der Waals surface area contributed by atoms with Crippen molar-refractivity contribution in [3.05, 3.63) is 23.8 Å². The highest BCUT2D eigenvalue weighted by molar-refractivity contribution is 6.74. The van der Waals surface area contributed by atoms with E-state index in [0.29, 0.717) is 11.5 Å². The maximum Gasteiger partial charge on any atom is 0.193 e. The zero-order valence-corrected chi connectivity index (χ0v) is 13.3. The molecule has 0 heterocycles. The minimum Gasteiger partial charge on any atom is -0.407 e. The lowest BCUT2D eigenvalue weighted by Gasteiger charge is -2.38. The van der Waals surface area contributed by atoms with Gasteiger partial charge >= 0.3 is 0 Å². The molecule has 0 bridgehead atoms. The first-order valence-electron chi connectivity index (χ1n) is 5.91. The zero-order valence-electron chi connectivity index (χ0n) is 11.6. The SMILES string of the molecule is C=C[C@H](/C=C(\Cl)CCO)O[Si](C)(C)C(C)(C)C. The van der Waals surface area contributed by atoms with E-state index < -0.39 is 8.32 Å². The number of aliphatic hydroxyl groups is 1. The average molecular weight is 277 g/mol. The molecule has 0 saturated heterocycles. The molecule has 0 amide bonds. The van der Waals surface area contributed by atoms with Gasteiger partial charge in [0, 0.05) is 18.1 Å². The Morgan fingerprint density at radius 3 is 2.35 bits per heavy atom. The summed E-state index contributed by atoms with van der Waals surface area (Å²) in [7, 11) is -1.82. The Bertz CT molecular complexity index is 280. The molecule has 0 radical (unpaired) electrons. The number of aliphatic hydroxyl groups excluding tert-OH is 1. The molecule has 0 aliphatic carbocycles. The third-order valence-corrected chi connectivity index (χ3v) is 7.95. The second-order valence-electron chi connectivity index (χ2n) is 5.67. The van der Waals surface area contributed by atoms with E-state index >= 15 is 0 Å². The van der Waals surface area contributed by atoms with Crippen LogP contribution in [0.3, 0.4) is 0 Å². The number of rotatable bonds is 6. The summed E-state index contributed by atoms with van der Waals surface area (Å²) in [5.74, 6) is 0. The third-order valence-electron chi connectivity index (χ3n) is 3.16. The van der Waals surface area contributed by atoms with Crippen LogP contribution in [-0.4, -0.2) is 26.1 Å². The van der Waals surface area contributed by atoms with Crippen LogP contribution in [0, 0.1) is 0 Å². The molecule has 1 N–H and O–H groups in total. The molecule has 0 aliphatic rings.